The molecule has 0 atom stereocenters. The van der Waals surface area contributed by atoms with Crippen molar-refractivity contribution in [3.63, 3.8) is 0 Å². The normalized spacial score (nSPS) is 11.8. The van der Waals surface area contributed by atoms with E-state index in [4.69, 9.17) is 4.42 Å². The van der Waals surface area contributed by atoms with E-state index in [0.29, 0.717) is 0 Å². The molecule has 4 heteroatoms. The summed E-state index contributed by atoms with van der Waals surface area (Å²) in [6.45, 7) is 0. The van der Waals surface area contributed by atoms with Gasteiger partial charge in [0, 0.05) is 59.6 Å². The smallest absolute Gasteiger partial charge is 0.143 e. The molecule has 0 saturated carbocycles. The number of anilines is 3. The number of aromatic nitrogens is 1. The molecule has 0 N–H and O–H groups in total. The molecule has 0 aliphatic heterocycles. The lowest BCUT2D eigenvalue weighted by atomic mass is 10.0. The summed E-state index contributed by atoms with van der Waals surface area (Å²) in [7, 11) is 0. The van der Waals surface area contributed by atoms with Gasteiger partial charge in [-0.25, -0.2) is 0 Å². The standard InChI is InChI=1S/C54H34N2OS/c1-3-13-35(14-4-1)36-25-29-39(30-26-36)55(40-31-27-37(28-32-40)41-19-11-20-43-42-17-8-10-24-50(42)57-52(41)43)49-23-12-21-44-45-33-34-48-51(54(45)58-53(44)49)46-18-7-9-22-47(46)56(48)38-15-5-2-6-16-38/h1-34H. The van der Waals surface area contributed by atoms with Gasteiger partial charge >= 0.3 is 0 Å². The van der Waals surface area contributed by atoms with E-state index in [-0.39, 0.29) is 0 Å². The maximum atomic E-state index is 6.45. The van der Waals surface area contributed by atoms with Gasteiger partial charge in [0.2, 0.25) is 0 Å². The minimum Gasteiger partial charge on any atom is -0.455 e. The molecular formula is C54H34N2OS. The highest BCUT2D eigenvalue weighted by Gasteiger charge is 2.22. The van der Waals surface area contributed by atoms with Gasteiger partial charge in [0.15, 0.2) is 0 Å². The molecule has 3 heterocycles. The summed E-state index contributed by atoms with van der Waals surface area (Å²) < 4.78 is 11.4. The highest BCUT2D eigenvalue weighted by Crippen LogP contribution is 2.49. The van der Waals surface area contributed by atoms with Crippen LogP contribution in [0.4, 0.5) is 17.1 Å². The van der Waals surface area contributed by atoms with Crippen molar-refractivity contribution >= 4 is 92.3 Å². The molecule has 58 heavy (non-hydrogen) atoms. The highest BCUT2D eigenvalue weighted by atomic mass is 32.1. The van der Waals surface area contributed by atoms with Gasteiger partial charge in [-0.15, -0.1) is 11.3 Å². The van der Waals surface area contributed by atoms with E-state index < -0.39 is 0 Å². The Bertz CT molecular complexity index is 3490. The zero-order chi connectivity index (χ0) is 38.2. The van der Waals surface area contributed by atoms with Gasteiger partial charge in [0.1, 0.15) is 11.2 Å². The van der Waals surface area contributed by atoms with Crippen molar-refractivity contribution in [1.82, 2.24) is 4.57 Å². The number of hydrogen-bond acceptors (Lipinski definition) is 3. The molecule has 272 valence electrons. The fourth-order valence-corrected chi connectivity index (χ4v) is 10.3. The van der Waals surface area contributed by atoms with Crippen LogP contribution in [0.15, 0.2) is 211 Å². The third-order valence-corrected chi connectivity index (χ3v) is 12.9. The van der Waals surface area contributed by atoms with Crippen molar-refractivity contribution < 1.29 is 4.42 Å². The van der Waals surface area contributed by atoms with Crippen LogP contribution in [0.2, 0.25) is 0 Å². The SMILES string of the molecule is c1ccc(-c2ccc(N(c3ccc(-c4cccc5c4oc4ccccc45)cc3)c3cccc4c3sc3c4ccc4c3c3ccccc3n4-c3ccccc3)cc2)cc1. The average molecular weight is 759 g/mol. The second-order valence-electron chi connectivity index (χ2n) is 14.9. The van der Waals surface area contributed by atoms with Gasteiger partial charge in [-0.2, -0.15) is 0 Å². The molecule has 12 rings (SSSR count). The van der Waals surface area contributed by atoms with Crippen LogP contribution in [0, 0.1) is 0 Å². The Morgan fingerprint density at radius 2 is 1.00 bits per heavy atom. The fraction of sp³-hybridized carbons (Fsp3) is 0. The fourth-order valence-electron chi connectivity index (χ4n) is 8.95. The quantitative estimate of drug-likeness (QED) is 0.168. The summed E-state index contributed by atoms with van der Waals surface area (Å²) >= 11 is 1.89. The van der Waals surface area contributed by atoms with Crippen molar-refractivity contribution in [3.05, 3.63) is 206 Å². The molecule has 0 aliphatic carbocycles. The first-order valence-corrected chi connectivity index (χ1v) is 20.5. The molecule has 0 bridgehead atoms. The van der Waals surface area contributed by atoms with E-state index in [9.17, 15) is 0 Å². The summed E-state index contributed by atoms with van der Waals surface area (Å²) in [5.74, 6) is 0. The molecule has 0 amide bonds. The number of thiophene rings is 1. The van der Waals surface area contributed by atoms with Crippen LogP contribution in [-0.4, -0.2) is 4.57 Å². The predicted octanol–water partition coefficient (Wildman–Crippen LogP) is 15.9. The van der Waals surface area contributed by atoms with Gasteiger partial charge < -0.3 is 13.9 Å². The van der Waals surface area contributed by atoms with Crippen LogP contribution >= 0.6 is 11.3 Å². The number of hydrogen-bond donors (Lipinski definition) is 0. The Balaban J connectivity index is 1.06. The number of para-hydroxylation sites is 4. The Morgan fingerprint density at radius 1 is 0.397 bits per heavy atom. The second kappa shape index (κ2) is 13.1. The molecule has 0 saturated heterocycles. The summed E-state index contributed by atoms with van der Waals surface area (Å²) in [4.78, 5) is 2.42. The topological polar surface area (TPSA) is 21.3 Å². The summed E-state index contributed by atoms with van der Waals surface area (Å²) in [6, 6.07) is 74.2. The van der Waals surface area contributed by atoms with Gasteiger partial charge in [-0.05, 0) is 77.4 Å². The van der Waals surface area contributed by atoms with E-state index in [1.807, 2.05) is 23.5 Å². The predicted molar refractivity (Wildman–Crippen MR) is 247 cm³/mol. The largest absolute Gasteiger partial charge is 0.455 e. The number of benzene rings is 9. The molecule has 12 aromatic rings. The maximum absolute atomic E-state index is 6.45. The Labute approximate surface area is 338 Å². The van der Waals surface area contributed by atoms with Crippen molar-refractivity contribution in [2.45, 2.75) is 0 Å². The third-order valence-electron chi connectivity index (χ3n) is 11.6. The zero-order valence-electron chi connectivity index (χ0n) is 31.3. The number of nitrogens with zero attached hydrogens (tertiary/aromatic N) is 2. The van der Waals surface area contributed by atoms with Crippen LogP contribution in [0.5, 0.6) is 0 Å². The van der Waals surface area contributed by atoms with Gasteiger partial charge in [0.05, 0.1) is 21.4 Å². The van der Waals surface area contributed by atoms with E-state index in [1.54, 1.807) is 0 Å². The van der Waals surface area contributed by atoms with Crippen LogP contribution in [0.1, 0.15) is 0 Å². The Morgan fingerprint density at radius 3 is 1.79 bits per heavy atom. The summed E-state index contributed by atoms with van der Waals surface area (Å²) in [5.41, 5.74) is 13.4. The van der Waals surface area contributed by atoms with E-state index in [1.165, 1.54) is 58.8 Å². The van der Waals surface area contributed by atoms with Gasteiger partial charge in [0.25, 0.3) is 0 Å². The molecule has 3 nitrogen and oxygen atoms in total. The van der Waals surface area contributed by atoms with E-state index in [2.05, 4.69) is 204 Å². The minimum atomic E-state index is 0.907. The van der Waals surface area contributed by atoms with Crippen molar-refractivity contribution in [3.8, 4) is 27.9 Å². The second-order valence-corrected chi connectivity index (χ2v) is 15.9. The molecule has 3 aromatic heterocycles. The molecule has 0 spiro atoms. The van der Waals surface area contributed by atoms with Gasteiger partial charge in [-0.3, -0.25) is 0 Å². The lowest BCUT2D eigenvalue weighted by molar-refractivity contribution is 0.670. The van der Waals surface area contributed by atoms with Crippen LogP contribution in [0.25, 0.3) is 91.9 Å². The van der Waals surface area contributed by atoms with Crippen molar-refractivity contribution in [2.24, 2.45) is 0 Å². The van der Waals surface area contributed by atoms with E-state index >= 15 is 0 Å². The summed E-state index contributed by atoms with van der Waals surface area (Å²) in [5, 5.41) is 7.37. The average Bonchev–Trinajstić information content (AvgIpc) is 3.98. The Hall–Kier alpha value is -7.40. The molecule has 9 aromatic carbocycles. The van der Waals surface area contributed by atoms with E-state index in [0.717, 1.165) is 50.1 Å². The number of fused-ring (bicyclic) bond motifs is 10. The highest BCUT2D eigenvalue weighted by molar-refractivity contribution is 7.27. The summed E-state index contributed by atoms with van der Waals surface area (Å²) in [6.07, 6.45) is 0. The monoisotopic (exact) mass is 758 g/mol. The lowest BCUT2D eigenvalue weighted by Crippen LogP contribution is -2.10. The van der Waals surface area contributed by atoms with Crippen LogP contribution in [0.3, 0.4) is 0 Å². The number of furan rings is 1. The first kappa shape index (κ1) is 32.8. The van der Waals surface area contributed by atoms with Crippen molar-refractivity contribution in [1.29, 1.82) is 0 Å². The van der Waals surface area contributed by atoms with Crippen LogP contribution in [-0.2, 0) is 0 Å². The Kier molecular flexibility index (Phi) is 7.40. The zero-order valence-corrected chi connectivity index (χ0v) is 32.2. The lowest BCUT2D eigenvalue weighted by Gasteiger charge is -2.26. The molecular weight excluding hydrogens is 725 g/mol. The first-order valence-electron chi connectivity index (χ1n) is 19.7. The van der Waals surface area contributed by atoms with Gasteiger partial charge in [-0.1, -0.05) is 146 Å². The maximum Gasteiger partial charge on any atom is 0.143 e. The first-order chi connectivity index (χ1) is 28.8. The molecule has 0 aliphatic rings. The molecule has 0 fully saturated rings. The third kappa shape index (κ3) is 5.05. The van der Waals surface area contributed by atoms with Crippen molar-refractivity contribution in [2.75, 3.05) is 4.90 Å². The number of rotatable bonds is 6. The van der Waals surface area contributed by atoms with Crippen LogP contribution < -0.4 is 4.90 Å². The minimum absolute atomic E-state index is 0.907. The molecule has 0 unspecified atom stereocenters. The molecule has 0 radical (unpaired) electrons.